The summed E-state index contributed by atoms with van der Waals surface area (Å²) >= 11 is 0. The SMILES string of the molecule is CCNC1C[C@H]2CC[C@@H](C1)N2c1cc2c(cc1F)c(=O)c(C(=O)O)cn2C1CC1.F. The molecule has 3 heterocycles. The van der Waals surface area contributed by atoms with Gasteiger partial charge in [0.05, 0.1) is 11.2 Å². The first kappa shape index (κ1) is 20.8. The molecule has 3 aliphatic rings. The Hall–Kier alpha value is -2.48. The third-order valence-corrected chi connectivity index (χ3v) is 6.78. The number of piperidine rings is 1. The first-order valence-corrected chi connectivity index (χ1v) is 10.6. The van der Waals surface area contributed by atoms with Crippen LogP contribution < -0.4 is 15.6 Å². The number of aromatic carboxylic acids is 1. The third kappa shape index (κ3) is 3.27. The molecule has 6 nitrogen and oxygen atoms in total. The van der Waals surface area contributed by atoms with Crippen molar-refractivity contribution in [1.29, 1.82) is 0 Å². The molecule has 0 spiro atoms. The third-order valence-electron chi connectivity index (χ3n) is 6.78. The number of rotatable bonds is 5. The molecule has 1 unspecified atom stereocenters. The number of hydrogen-bond acceptors (Lipinski definition) is 4. The summed E-state index contributed by atoms with van der Waals surface area (Å²) in [5.41, 5.74) is 0.302. The highest BCUT2D eigenvalue weighted by atomic mass is 19.1. The van der Waals surface area contributed by atoms with Gasteiger partial charge in [0.1, 0.15) is 11.4 Å². The van der Waals surface area contributed by atoms with E-state index in [9.17, 15) is 14.7 Å². The van der Waals surface area contributed by atoms with Gasteiger partial charge in [0, 0.05) is 35.8 Å². The molecule has 0 amide bonds. The van der Waals surface area contributed by atoms with Crippen molar-refractivity contribution in [1.82, 2.24) is 9.88 Å². The number of hydrogen-bond donors (Lipinski definition) is 2. The molecule has 3 fully saturated rings. The maximum Gasteiger partial charge on any atom is 0.341 e. The van der Waals surface area contributed by atoms with Crippen LogP contribution in [0.1, 0.15) is 61.8 Å². The van der Waals surface area contributed by atoms with Crippen LogP contribution in [0.15, 0.2) is 23.1 Å². The number of carbonyl (C=O) groups is 1. The van der Waals surface area contributed by atoms with Crippen LogP contribution in [0.2, 0.25) is 0 Å². The highest BCUT2D eigenvalue weighted by Crippen LogP contribution is 2.42. The van der Waals surface area contributed by atoms with E-state index >= 15 is 4.39 Å². The second kappa shape index (κ2) is 7.65. The summed E-state index contributed by atoms with van der Waals surface area (Å²) in [6.07, 6.45) is 7.43. The van der Waals surface area contributed by atoms with Gasteiger partial charge in [-0.2, -0.15) is 0 Å². The number of nitrogens with zero attached hydrogens (tertiary/aromatic N) is 2. The maximum absolute atomic E-state index is 15.2. The Balaban J connectivity index is 0.00000218. The maximum atomic E-state index is 15.2. The van der Waals surface area contributed by atoms with Crippen molar-refractivity contribution in [3.8, 4) is 0 Å². The van der Waals surface area contributed by atoms with E-state index in [1.54, 1.807) is 6.07 Å². The Morgan fingerprint density at radius 2 is 1.80 bits per heavy atom. The zero-order valence-electron chi connectivity index (χ0n) is 16.9. The molecule has 0 radical (unpaired) electrons. The van der Waals surface area contributed by atoms with Crippen LogP contribution >= 0.6 is 0 Å². The number of aromatic nitrogens is 1. The smallest absolute Gasteiger partial charge is 0.341 e. The zero-order valence-corrected chi connectivity index (χ0v) is 16.9. The van der Waals surface area contributed by atoms with Crippen LogP contribution in [0.3, 0.4) is 0 Å². The van der Waals surface area contributed by atoms with E-state index in [2.05, 4.69) is 17.1 Å². The molecular weight excluding hydrogens is 392 g/mol. The van der Waals surface area contributed by atoms with E-state index in [-0.39, 0.29) is 21.7 Å². The van der Waals surface area contributed by atoms with Gasteiger partial charge < -0.3 is 19.9 Å². The molecule has 2 saturated heterocycles. The van der Waals surface area contributed by atoms with E-state index in [4.69, 9.17) is 0 Å². The molecule has 2 bridgehead atoms. The largest absolute Gasteiger partial charge is 0.477 e. The lowest BCUT2D eigenvalue weighted by Gasteiger charge is -2.41. The average molecular weight is 419 g/mol. The monoisotopic (exact) mass is 419 g/mol. The van der Waals surface area contributed by atoms with Crippen LogP contribution in [-0.2, 0) is 0 Å². The summed E-state index contributed by atoms with van der Waals surface area (Å²) in [5.74, 6) is -1.70. The predicted molar refractivity (Wildman–Crippen MR) is 112 cm³/mol. The van der Waals surface area contributed by atoms with Crippen molar-refractivity contribution < 1.29 is 19.0 Å². The van der Waals surface area contributed by atoms with Crippen molar-refractivity contribution in [2.24, 2.45) is 0 Å². The van der Waals surface area contributed by atoms with Crippen molar-refractivity contribution in [3.05, 3.63) is 39.9 Å². The van der Waals surface area contributed by atoms with Gasteiger partial charge in [-0.15, -0.1) is 0 Å². The Bertz CT molecular complexity index is 1040. The van der Waals surface area contributed by atoms with Gasteiger partial charge in [0.25, 0.3) is 0 Å². The minimum Gasteiger partial charge on any atom is -0.477 e. The van der Waals surface area contributed by atoms with Gasteiger partial charge >= 0.3 is 5.97 Å². The molecule has 1 aromatic heterocycles. The summed E-state index contributed by atoms with van der Waals surface area (Å²) < 4.78 is 17.1. The molecule has 162 valence electrons. The van der Waals surface area contributed by atoms with E-state index < -0.39 is 17.2 Å². The Labute approximate surface area is 173 Å². The van der Waals surface area contributed by atoms with Gasteiger partial charge in [-0.3, -0.25) is 9.50 Å². The van der Waals surface area contributed by atoms with Crippen molar-refractivity contribution in [2.45, 2.75) is 69.6 Å². The highest BCUT2D eigenvalue weighted by molar-refractivity contribution is 5.93. The minimum atomic E-state index is -1.26. The normalized spacial score (nSPS) is 25.4. The first-order chi connectivity index (χ1) is 14.0. The minimum absolute atomic E-state index is 0. The summed E-state index contributed by atoms with van der Waals surface area (Å²) in [6, 6.07) is 4.29. The summed E-state index contributed by atoms with van der Waals surface area (Å²) in [7, 11) is 0. The number of fused-ring (bicyclic) bond motifs is 3. The van der Waals surface area contributed by atoms with E-state index in [1.807, 2.05) is 4.57 Å². The molecule has 2 aliphatic heterocycles. The molecular formula is C22H27F2N3O3. The molecule has 30 heavy (non-hydrogen) atoms. The molecule has 1 saturated carbocycles. The fourth-order valence-electron chi connectivity index (χ4n) is 5.39. The molecule has 2 N–H and O–H groups in total. The van der Waals surface area contributed by atoms with Gasteiger partial charge in [-0.1, -0.05) is 6.92 Å². The van der Waals surface area contributed by atoms with Gasteiger partial charge in [0.2, 0.25) is 5.43 Å². The molecule has 3 atom stereocenters. The van der Waals surface area contributed by atoms with Gasteiger partial charge in [-0.05, 0) is 57.2 Å². The van der Waals surface area contributed by atoms with E-state index in [0.29, 0.717) is 29.3 Å². The second-order valence-corrected chi connectivity index (χ2v) is 8.65. The van der Waals surface area contributed by atoms with Crippen LogP contribution in [0.25, 0.3) is 10.9 Å². The summed E-state index contributed by atoms with van der Waals surface area (Å²) in [4.78, 5) is 26.4. The standard InChI is InChI=1S/C22H26FN3O3.FH/c1-2-24-12-7-14-5-6-15(8-12)26(14)20-10-19-16(9-18(20)23)21(27)17(22(28)29)11-25(19)13-3-4-13;/h9-15,24H,2-8H2,1H3,(H,28,29);1H/t12?,14-,15+;. The number of nitrogens with one attached hydrogen (secondary N) is 1. The Morgan fingerprint density at radius 3 is 2.37 bits per heavy atom. The first-order valence-electron chi connectivity index (χ1n) is 10.6. The molecule has 1 aromatic carbocycles. The predicted octanol–water partition coefficient (Wildman–Crippen LogP) is 3.44. The summed E-state index contributed by atoms with van der Waals surface area (Å²) in [5, 5.41) is 13.1. The number of benzene rings is 1. The van der Waals surface area contributed by atoms with Crippen molar-refractivity contribution >= 4 is 22.6 Å². The number of carboxylic acids is 1. The molecule has 5 rings (SSSR count). The van der Waals surface area contributed by atoms with Gasteiger partial charge in [0.15, 0.2) is 0 Å². The van der Waals surface area contributed by atoms with Crippen LogP contribution in [0.4, 0.5) is 14.8 Å². The number of carboxylic acid groups (broad SMARTS) is 1. The molecule has 2 aromatic rings. The Morgan fingerprint density at radius 1 is 1.17 bits per heavy atom. The average Bonchev–Trinajstić information content (AvgIpc) is 3.48. The fourth-order valence-corrected chi connectivity index (χ4v) is 5.39. The fraction of sp³-hybridized carbons (Fsp3) is 0.545. The van der Waals surface area contributed by atoms with Crippen LogP contribution in [0, 0.1) is 5.82 Å². The number of halogens is 2. The number of pyridine rings is 1. The quantitative estimate of drug-likeness (QED) is 0.777. The van der Waals surface area contributed by atoms with E-state index in [0.717, 1.165) is 45.1 Å². The molecule has 1 aliphatic carbocycles. The molecule has 8 heteroatoms. The van der Waals surface area contributed by atoms with Crippen LogP contribution in [0.5, 0.6) is 0 Å². The lowest BCUT2D eigenvalue weighted by Crippen LogP contribution is -2.49. The van der Waals surface area contributed by atoms with Crippen LogP contribution in [-0.4, -0.2) is 40.3 Å². The van der Waals surface area contributed by atoms with Crippen molar-refractivity contribution in [3.63, 3.8) is 0 Å². The Kier molecular flexibility index (Phi) is 5.30. The lowest BCUT2D eigenvalue weighted by molar-refractivity contribution is 0.0695. The van der Waals surface area contributed by atoms with Crippen molar-refractivity contribution in [2.75, 3.05) is 11.4 Å². The second-order valence-electron chi connectivity index (χ2n) is 8.65. The van der Waals surface area contributed by atoms with E-state index in [1.165, 1.54) is 12.3 Å². The highest BCUT2D eigenvalue weighted by Gasteiger charge is 2.41. The topological polar surface area (TPSA) is 74.6 Å². The van der Waals surface area contributed by atoms with Gasteiger partial charge in [-0.25, -0.2) is 9.18 Å². The summed E-state index contributed by atoms with van der Waals surface area (Å²) in [6.45, 7) is 3.05. The number of anilines is 1. The zero-order chi connectivity index (χ0) is 20.3. The lowest BCUT2D eigenvalue weighted by atomic mass is 9.96.